The van der Waals surface area contributed by atoms with E-state index < -0.39 is 0 Å². The molecular weight excluding hydrogens is 202 g/mol. The average Bonchev–Trinajstić information content (AvgIpc) is 2.70. The maximum Gasteiger partial charge on any atom is 0.225 e. The molecule has 0 radical (unpaired) electrons. The fraction of sp³-hybridized carbons (Fsp3) is 0.167. The Morgan fingerprint density at radius 3 is 3.06 bits per heavy atom. The highest BCUT2D eigenvalue weighted by Gasteiger charge is 2.06. The van der Waals surface area contributed by atoms with Crippen molar-refractivity contribution in [3.63, 3.8) is 0 Å². The Kier molecular flexibility index (Phi) is 2.88. The molecule has 0 bridgehead atoms. The standard InChI is InChI=1S/C12H11N3O/c13-7-3-6-12(16)15-11-8-14-10-5-2-1-4-9(10)11/h1-2,4-5,8,14H,3,6H2,(H,15,16). The maximum atomic E-state index is 11.4. The van der Waals surface area contributed by atoms with Gasteiger partial charge in [0.15, 0.2) is 0 Å². The Hall–Kier alpha value is -2.28. The van der Waals surface area contributed by atoms with Gasteiger partial charge in [-0.3, -0.25) is 4.79 Å². The van der Waals surface area contributed by atoms with Crippen LogP contribution in [0.5, 0.6) is 0 Å². The number of para-hydroxylation sites is 1. The van der Waals surface area contributed by atoms with Crippen molar-refractivity contribution in [2.75, 3.05) is 5.32 Å². The molecule has 1 aromatic heterocycles. The molecule has 16 heavy (non-hydrogen) atoms. The Morgan fingerprint density at radius 1 is 1.44 bits per heavy atom. The number of anilines is 1. The highest BCUT2D eigenvalue weighted by molar-refractivity contribution is 6.01. The summed E-state index contributed by atoms with van der Waals surface area (Å²) in [5, 5.41) is 12.1. The molecule has 0 aliphatic carbocycles. The first-order valence-corrected chi connectivity index (χ1v) is 5.04. The minimum atomic E-state index is -0.133. The van der Waals surface area contributed by atoms with Gasteiger partial charge < -0.3 is 10.3 Å². The molecule has 0 spiro atoms. The van der Waals surface area contributed by atoms with E-state index in [1.54, 1.807) is 6.20 Å². The summed E-state index contributed by atoms with van der Waals surface area (Å²) in [6.07, 6.45) is 2.24. The monoisotopic (exact) mass is 213 g/mol. The van der Waals surface area contributed by atoms with Gasteiger partial charge in [-0.1, -0.05) is 18.2 Å². The minimum Gasteiger partial charge on any atom is -0.359 e. The first-order valence-electron chi connectivity index (χ1n) is 5.04. The van der Waals surface area contributed by atoms with Gasteiger partial charge in [-0.15, -0.1) is 0 Å². The molecule has 0 aliphatic rings. The average molecular weight is 213 g/mol. The Labute approximate surface area is 92.9 Å². The molecule has 1 amide bonds. The molecule has 0 aliphatic heterocycles. The molecule has 0 saturated heterocycles. The van der Waals surface area contributed by atoms with Gasteiger partial charge >= 0.3 is 0 Å². The van der Waals surface area contributed by atoms with Crippen molar-refractivity contribution < 1.29 is 4.79 Å². The highest BCUT2D eigenvalue weighted by atomic mass is 16.1. The van der Waals surface area contributed by atoms with Crippen LogP contribution in [0.3, 0.4) is 0 Å². The van der Waals surface area contributed by atoms with Crippen LogP contribution in [-0.2, 0) is 4.79 Å². The number of carbonyl (C=O) groups is 1. The van der Waals surface area contributed by atoms with Crippen LogP contribution < -0.4 is 5.32 Å². The van der Waals surface area contributed by atoms with Gasteiger partial charge in [0.1, 0.15) is 0 Å². The van der Waals surface area contributed by atoms with E-state index in [9.17, 15) is 4.79 Å². The van der Waals surface area contributed by atoms with Crippen molar-refractivity contribution in [2.45, 2.75) is 12.8 Å². The molecule has 2 rings (SSSR count). The Balaban J connectivity index is 2.16. The van der Waals surface area contributed by atoms with Crippen LogP contribution in [0.25, 0.3) is 10.9 Å². The van der Waals surface area contributed by atoms with Crippen molar-refractivity contribution in [3.05, 3.63) is 30.5 Å². The molecule has 0 atom stereocenters. The van der Waals surface area contributed by atoms with E-state index >= 15 is 0 Å². The van der Waals surface area contributed by atoms with E-state index in [1.165, 1.54) is 0 Å². The molecular formula is C12H11N3O. The van der Waals surface area contributed by atoms with Gasteiger partial charge in [0.05, 0.1) is 11.8 Å². The number of nitrogens with zero attached hydrogens (tertiary/aromatic N) is 1. The molecule has 1 heterocycles. The topological polar surface area (TPSA) is 68.7 Å². The third kappa shape index (κ3) is 2.04. The van der Waals surface area contributed by atoms with Crippen LogP contribution in [0.4, 0.5) is 5.69 Å². The van der Waals surface area contributed by atoms with Gasteiger partial charge in [-0.25, -0.2) is 0 Å². The lowest BCUT2D eigenvalue weighted by atomic mass is 10.2. The minimum absolute atomic E-state index is 0.133. The van der Waals surface area contributed by atoms with Gasteiger partial charge in [0.2, 0.25) is 5.91 Å². The van der Waals surface area contributed by atoms with Crippen LogP contribution >= 0.6 is 0 Å². The van der Waals surface area contributed by atoms with Gasteiger partial charge in [0, 0.05) is 29.9 Å². The van der Waals surface area contributed by atoms with Crippen molar-refractivity contribution >= 4 is 22.5 Å². The summed E-state index contributed by atoms with van der Waals surface area (Å²) in [7, 11) is 0. The molecule has 0 saturated carbocycles. The smallest absolute Gasteiger partial charge is 0.225 e. The summed E-state index contributed by atoms with van der Waals surface area (Å²) >= 11 is 0. The lowest BCUT2D eigenvalue weighted by Gasteiger charge is -2.01. The van der Waals surface area contributed by atoms with Crippen LogP contribution in [0, 0.1) is 11.3 Å². The van der Waals surface area contributed by atoms with Gasteiger partial charge in [-0.05, 0) is 6.07 Å². The SMILES string of the molecule is N#CCCC(=O)Nc1c[nH]c2ccccc12. The molecule has 4 heteroatoms. The summed E-state index contributed by atoms with van der Waals surface area (Å²) in [5.41, 5.74) is 1.75. The fourth-order valence-electron chi connectivity index (χ4n) is 1.56. The Morgan fingerprint density at radius 2 is 2.25 bits per heavy atom. The quantitative estimate of drug-likeness (QED) is 0.822. The summed E-state index contributed by atoms with van der Waals surface area (Å²) in [6.45, 7) is 0. The van der Waals surface area contributed by atoms with Crippen molar-refractivity contribution in [1.29, 1.82) is 5.26 Å². The summed E-state index contributed by atoms with van der Waals surface area (Å²) in [6, 6.07) is 9.68. The van der Waals surface area contributed by atoms with Gasteiger partial charge in [-0.2, -0.15) is 5.26 Å². The van der Waals surface area contributed by atoms with E-state index in [4.69, 9.17) is 5.26 Å². The number of aromatic amines is 1. The number of aromatic nitrogens is 1. The zero-order valence-electron chi connectivity index (χ0n) is 8.66. The van der Waals surface area contributed by atoms with Crippen molar-refractivity contribution in [3.8, 4) is 6.07 Å². The number of H-pyrrole nitrogens is 1. The fourth-order valence-corrected chi connectivity index (χ4v) is 1.56. The molecule has 2 N–H and O–H groups in total. The summed E-state index contributed by atoms with van der Waals surface area (Å²) in [5.74, 6) is -0.133. The third-order valence-electron chi connectivity index (χ3n) is 2.33. The first kappa shape index (κ1) is 10.2. The number of benzene rings is 1. The van der Waals surface area contributed by atoms with Gasteiger partial charge in [0.25, 0.3) is 0 Å². The zero-order chi connectivity index (χ0) is 11.4. The second kappa shape index (κ2) is 4.49. The predicted octanol–water partition coefficient (Wildman–Crippen LogP) is 2.41. The van der Waals surface area contributed by atoms with E-state index in [1.807, 2.05) is 30.3 Å². The molecule has 0 fully saturated rings. The predicted molar refractivity (Wildman–Crippen MR) is 61.8 cm³/mol. The lowest BCUT2D eigenvalue weighted by Crippen LogP contribution is -2.10. The Bertz CT molecular complexity index is 551. The molecule has 80 valence electrons. The van der Waals surface area contributed by atoms with Crippen LogP contribution in [0.1, 0.15) is 12.8 Å². The number of nitrogens with one attached hydrogen (secondary N) is 2. The maximum absolute atomic E-state index is 11.4. The van der Waals surface area contributed by atoms with Crippen molar-refractivity contribution in [1.82, 2.24) is 4.98 Å². The number of carbonyl (C=O) groups excluding carboxylic acids is 1. The number of amides is 1. The lowest BCUT2D eigenvalue weighted by molar-refractivity contribution is -0.116. The van der Waals surface area contributed by atoms with Crippen LogP contribution in [-0.4, -0.2) is 10.9 Å². The van der Waals surface area contributed by atoms with E-state index in [-0.39, 0.29) is 18.7 Å². The second-order valence-corrected chi connectivity index (χ2v) is 3.45. The van der Waals surface area contributed by atoms with E-state index in [2.05, 4.69) is 10.3 Å². The zero-order valence-corrected chi connectivity index (χ0v) is 8.66. The first-order chi connectivity index (χ1) is 7.81. The second-order valence-electron chi connectivity index (χ2n) is 3.45. The number of rotatable bonds is 3. The number of nitriles is 1. The number of hydrogen-bond donors (Lipinski definition) is 2. The third-order valence-corrected chi connectivity index (χ3v) is 2.33. The largest absolute Gasteiger partial charge is 0.359 e. The molecule has 1 aromatic carbocycles. The van der Waals surface area contributed by atoms with Crippen molar-refractivity contribution in [2.24, 2.45) is 0 Å². The van der Waals surface area contributed by atoms with Crippen LogP contribution in [0.2, 0.25) is 0 Å². The normalized spacial score (nSPS) is 9.94. The molecule has 2 aromatic rings. The summed E-state index contributed by atoms with van der Waals surface area (Å²) in [4.78, 5) is 14.5. The number of fused-ring (bicyclic) bond motifs is 1. The molecule has 0 unspecified atom stereocenters. The summed E-state index contributed by atoms with van der Waals surface area (Å²) < 4.78 is 0. The van der Waals surface area contributed by atoms with Crippen LogP contribution in [0.15, 0.2) is 30.5 Å². The van der Waals surface area contributed by atoms with E-state index in [0.29, 0.717) is 0 Å². The number of hydrogen-bond acceptors (Lipinski definition) is 2. The highest BCUT2D eigenvalue weighted by Crippen LogP contribution is 2.22. The molecule has 4 nitrogen and oxygen atoms in total. The van der Waals surface area contributed by atoms with E-state index in [0.717, 1.165) is 16.6 Å².